The molecule has 0 aliphatic heterocycles. The summed E-state index contributed by atoms with van der Waals surface area (Å²) in [7, 11) is 0. The Bertz CT molecular complexity index is 961. The van der Waals surface area contributed by atoms with Gasteiger partial charge in [-0.25, -0.2) is 0 Å². The first-order valence-electron chi connectivity index (χ1n) is 6.41. The van der Waals surface area contributed by atoms with E-state index in [4.69, 9.17) is 12.2 Å². The van der Waals surface area contributed by atoms with Gasteiger partial charge in [0, 0.05) is 9.35 Å². The molecule has 0 spiro atoms. The largest absolute Gasteiger partial charge is 0.323 e. The van der Waals surface area contributed by atoms with Gasteiger partial charge < -0.3 is 4.98 Å². The van der Waals surface area contributed by atoms with E-state index >= 15 is 0 Å². The molecule has 0 atom stereocenters. The second-order valence-electron chi connectivity index (χ2n) is 5.04. The fraction of sp³-hybridized carbons (Fsp3) is 0.200. The maximum absolute atomic E-state index is 12.9. The van der Waals surface area contributed by atoms with Crippen LogP contribution >= 0.6 is 39.5 Å². The summed E-state index contributed by atoms with van der Waals surface area (Å²) in [6.07, 6.45) is 0. The zero-order valence-corrected chi connectivity index (χ0v) is 15.0. The summed E-state index contributed by atoms with van der Waals surface area (Å²) in [5.74, 6) is 0. The highest BCUT2D eigenvalue weighted by Crippen LogP contribution is 2.26. The number of H-pyrrole nitrogens is 1. The SMILES string of the molecule is Cc1cc(Br)cc(-n2c(=S)[nH]c3sc(C)c(C)c3c2=O)c1. The number of benzene rings is 1. The Labute approximate surface area is 139 Å². The molecule has 3 nitrogen and oxygen atoms in total. The van der Waals surface area contributed by atoms with Gasteiger partial charge in [0.05, 0.1) is 11.1 Å². The summed E-state index contributed by atoms with van der Waals surface area (Å²) < 4.78 is 2.91. The van der Waals surface area contributed by atoms with Gasteiger partial charge in [0.15, 0.2) is 4.77 Å². The van der Waals surface area contributed by atoms with Crippen LogP contribution in [0.15, 0.2) is 27.5 Å². The summed E-state index contributed by atoms with van der Waals surface area (Å²) in [5.41, 5.74) is 2.80. The highest BCUT2D eigenvalue weighted by molar-refractivity contribution is 9.10. The molecule has 1 N–H and O–H groups in total. The number of hydrogen-bond acceptors (Lipinski definition) is 3. The molecule has 0 saturated carbocycles. The van der Waals surface area contributed by atoms with Crippen LogP contribution in [0.4, 0.5) is 0 Å². The third kappa shape index (κ3) is 2.41. The number of aromatic nitrogens is 2. The summed E-state index contributed by atoms with van der Waals surface area (Å²) in [6, 6.07) is 5.86. The van der Waals surface area contributed by atoms with Gasteiger partial charge in [0.2, 0.25) is 0 Å². The predicted molar refractivity (Wildman–Crippen MR) is 94.5 cm³/mol. The molecule has 0 unspecified atom stereocenters. The van der Waals surface area contributed by atoms with Crippen molar-refractivity contribution in [3.8, 4) is 5.69 Å². The van der Waals surface area contributed by atoms with Gasteiger partial charge in [0.1, 0.15) is 4.83 Å². The lowest BCUT2D eigenvalue weighted by Gasteiger charge is -2.08. The lowest BCUT2D eigenvalue weighted by atomic mass is 10.2. The van der Waals surface area contributed by atoms with E-state index in [2.05, 4.69) is 20.9 Å². The van der Waals surface area contributed by atoms with E-state index in [-0.39, 0.29) is 5.56 Å². The van der Waals surface area contributed by atoms with Crippen LogP contribution in [0.3, 0.4) is 0 Å². The van der Waals surface area contributed by atoms with E-state index in [0.29, 0.717) is 4.77 Å². The topological polar surface area (TPSA) is 37.8 Å². The number of nitrogens with one attached hydrogen (secondary N) is 1. The maximum Gasteiger partial charge on any atom is 0.267 e. The third-order valence-corrected chi connectivity index (χ3v) is 5.38. The number of rotatable bonds is 1. The smallest absolute Gasteiger partial charge is 0.267 e. The van der Waals surface area contributed by atoms with Crippen molar-refractivity contribution in [2.45, 2.75) is 20.8 Å². The van der Waals surface area contributed by atoms with Crippen LogP contribution in [0.2, 0.25) is 0 Å². The van der Waals surface area contributed by atoms with Crippen LogP contribution in [-0.2, 0) is 0 Å². The number of thiophene rings is 1. The zero-order chi connectivity index (χ0) is 15.3. The molecule has 2 heterocycles. The third-order valence-electron chi connectivity index (χ3n) is 3.51. The molecule has 0 aliphatic carbocycles. The summed E-state index contributed by atoms with van der Waals surface area (Å²) >= 11 is 10.4. The number of aryl methyl sites for hydroxylation is 3. The lowest BCUT2D eigenvalue weighted by molar-refractivity contribution is 0.939. The molecule has 3 rings (SSSR count). The van der Waals surface area contributed by atoms with Crippen molar-refractivity contribution in [2.75, 3.05) is 0 Å². The maximum atomic E-state index is 12.9. The standard InChI is InChI=1S/C15H13BrN2OS2/c1-7-4-10(16)6-11(5-7)18-14(19)12-8(2)9(3)21-13(12)17-15(18)20/h4-6H,1-3H3,(H,17,20). The zero-order valence-electron chi connectivity index (χ0n) is 11.8. The number of fused-ring (bicyclic) bond motifs is 1. The van der Waals surface area contributed by atoms with Crippen LogP contribution in [0.1, 0.15) is 16.0 Å². The molecule has 3 aromatic rings. The lowest BCUT2D eigenvalue weighted by Crippen LogP contribution is -2.20. The molecule has 108 valence electrons. The molecule has 0 saturated heterocycles. The molecular weight excluding hydrogens is 368 g/mol. The van der Waals surface area contributed by atoms with Gasteiger partial charge in [-0.3, -0.25) is 9.36 Å². The predicted octanol–water partition coefficient (Wildman–Crippen LogP) is 4.80. The van der Waals surface area contributed by atoms with Crippen LogP contribution in [-0.4, -0.2) is 9.55 Å². The van der Waals surface area contributed by atoms with Crippen LogP contribution in [0.25, 0.3) is 15.9 Å². The Morgan fingerprint density at radius 1 is 1.24 bits per heavy atom. The quantitative estimate of drug-likeness (QED) is 0.615. The number of hydrogen-bond donors (Lipinski definition) is 1. The van der Waals surface area contributed by atoms with Crippen LogP contribution < -0.4 is 5.56 Å². The number of nitrogens with zero attached hydrogens (tertiary/aromatic N) is 1. The average molecular weight is 381 g/mol. The first kappa shape index (κ1) is 14.7. The molecule has 0 aliphatic rings. The molecular formula is C15H13BrN2OS2. The molecule has 2 aromatic heterocycles. The Balaban J connectivity index is 2.45. The van der Waals surface area contributed by atoms with Gasteiger partial charge in [-0.15, -0.1) is 11.3 Å². The normalized spacial score (nSPS) is 11.2. The second-order valence-corrected chi connectivity index (χ2v) is 7.57. The summed E-state index contributed by atoms with van der Waals surface area (Å²) in [5, 5.41) is 0.726. The van der Waals surface area contributed by atoms with Crippen molar-refractivity contribution in [3.63, 3.8) is 0 Å². The fourth-order valence-corrected chi connectivity index (χ4v) is 4.41. The molecule has 21 heavy (non-hydrogen) atoms. The van der Waals surface area contributed by atoms with E-state index < -0.39 is 0 Å². The van der Waals surface area contributed by atoms with E-state index in [1.165, 1.54) is 0 Å². The van der Waals surface area contributed by atoms with E-state index in [0.717, 1.165) is 36.4 Å². The number of halogens is 1. The highest BCUT2D eigenvalue weighted by Gasteiger charge is 2.14. The van der Waals surface area contributed by atoms with Crippen molar-refractivity contribution < 1.29 is 0 Å². The monoisotopic (exact) mass is 380 g/mol. The Morgan fingerprint density at radius 2 is 1.95 bits per heavy atom. The number of aromatic amines is 1. The second kappa shape index (κ2) is 5.19. The molecule has 1 aromatic carbocycles. The average Bonchev–Trinajstić information content (AvgIpc) is 2.63. The minimum Gasteiger partial charge on any atom is -0.323 e. The van der Waals surface area contributed by atoms with Crippen molar-refractivity contribution in [1.82, 2.24) is 9.55 Å². The first-order chi connectivity index (χ1) is 9.88. The van der Waals surface area contributed by atoms with Gasteiger partial charge in [-0.1, -0.05) is 15.9 Å². The molecule has 0 radical (unpaired) electrons. The summed E-state index contributed by atoms with van der Waals surface area (Å²) in [6.45, 7) is 5.98. The first-order valence-corrected chi connectivity index (χ1v) is 8.43. The van der Waals surface area contributed by atoms with Gasteiger partial charge >= 0.3 is 0 Å². The summed E-state index contributed by atoms with van der Waals surface area (Å²) in [4.78, 5) is 18.0. The highest BCUT2D eigenvalue weighted by atomic mass is 79.9. The van der Waals surface area contributed by atoms with E-state index in [9.17, 15) is 4.79 Å². The minimum absolute atomic E-state index is 0.0619. The van der Waals surface area contributed by atoms with E-state index in [1.54, 1.807) is 15.9 Å². The molecule has 0 amide bonds. The van der Waals surface area contributed by atoms with Crippen LogP contribution in [0.5, 0.6) is 0 Å². The van der Waals surface area contributed by atoms with Crippen molar-refractivity contribution in [1.29, 1.82) is 0 Å². The molecule has 0 bridgehead atoms. The fourth-order valence-electron chi connectivity index (χ4n) is 2.41. The Morgan fingerprint density at radius 3 is 2.62 bits per heavy atom. The van der Waals surface area contributed by atoms with Gasteiger partial charge in [-0.2, -0.15) is 0 Å². The van der Waals surface area contributed by atoms with Crippen molar-refractivity contribution in [2.24, 2.45) is 0 Å². The Hall–Kier alpha value is -1.24. The van der Waals surface area contributed by atoms with E-state index in [1.807, 2.05) is 39.0 Å². The van der Waals surface area contributed by atoms with Crippen molar-refractivity contribution in [3.05, 3.63) is 53.8 Å². The molecule has 0 fully saturated rings. The minimum atomic E-state index is -0.0619. The Kier molecular flexibility index (Phi) is 3.63. The van der Waals surface area contributed by atoms with Gasteiger partial charge in [-0.05, 0) is 62.3 Å². The van der Waals surface area contributed by atoms with Crippen molar-refractivity contribution >= 4 is 49.7 Å². The van der Waals surface area contributed by atoms with Crippen LogP contribution in [0, 0.1) is 25.5 Å². The van der Waals surface area contributed by atoms with Gasteiger partial charge in [0.25, 0.3) is 5.56 Å². The molecule has 6 heteroatoms.